The molecule has 0 N–H and O–H groups in total. The first-order valence-corrected chi connectivity index (χ1v) is 5.47. The molecule has 84 valence electrons. The molecule has 0 saturated heterocycles. The molecule has 3 heteroatoms. The number of hydrogen-bond acceptors (Lipinski definition) is 3. The van der Waals surface area contributed by atoms with Crippen molar-refractivity contribution in [3.05, 3.63) is 0 Å². The smallest absolute Gasteiger partial charge is 0.308 e. The number of ether oxygens (including phenoxy) is 2. The van der Waals surface area contributed by atoms with E-state index in [1.165, 1.54) is 12.8 Å². The van der Waals surface area contributed by atoms with Crippen LogP contribution < -0.4 is 0 Å². The maximum Gasteiger partial charge on any atom is 0.308 e. The molecule has 0 aromatic carbocycles. The number of rotatable bonds is 8. The highest BCUT2D eigenvalue weighted by molar-refractivity contribution is 5.69. The minimum atomic E-state index is -0.171. The Kier molecular flexibility index (Phi) is 8.64. The Morgan fingerprint density at radius 2 is 2.00 bits per heavy atom. The van der Waals surface area contributed by atoms with Gasteiger partial charge >= 0.3 is 5.97 Å². The lowest BCUT2D eigenvalue weighted by atomic mass is 10.2. The summed E-state index contributed by atoms with van der Waals surface area (Å²) in [7, 11) is 0. The summed E-state index contributed by atoms with van der Waals surface area (Å²) in [6.07, 6.45) is 3.79. The van der Waals surface area contributed by atoms with E-state index < -0.39 is 0 Å². The van der Waals surface area contributed by atoms with Gasteiger partial charge in [0.25, 0.3) is 0 Å². The summed E-state index contributed by atoms with van der Waals surface area (Å²) in [4.78, 5) is 11.0. The van der Waals surface area contributed by atoms with Crippen LogP contribution in [0.15, 0.2) is 0 Å². The van der Waals surface area contributed by atoms with E-state index in [-0.39, 0.29) is 12.1 Å². The van der Waals surface area contributed by atoms with Crippen LogP contribution in [0.2, 0.25) is 0 Å². The van der Waals surface area contributed by atoms with E-state index in [4.69, 9.17) is 9.47 Å². The molecule has 0 aromatic rings. The van der Waals surface area contributed by atoms with Crippen molar-refractivity contribution < 1.29 is 14.3 Å². The third-order valence-corrected chi connectivity index (χ3v) is 1.91. The van der Waals surface area contributed by atoms with Gasteiger partial charge in [0.2, 0.25) is 0 Å². The second-order valence-corrected chi connectivity index (χ2v) is 3.40. The van der Waals surface area contributed by atoms with Gasteiger partial charge in [0.15, 0.2) is 0 Å². The fraction of sp³-hybridized carbons (Fsp3) is 0.909. The molecule has 0 aliphatic carbocycles. The molecule has 0 rings (SSSR count). The number of carbonyl (C=O) groups is 1. The van der Waals surface area contributed by atoms with E-state index in [1.54, 1.807) is 0 Å². The lowest BCUT2D eigenvalue weighted by molar-refractivity contribution is -0.146. The Balaban J connectivity index is 3.35. The van der Waals surface area contributed by atoms with Gasteiger partial charge in [-0.15, -0.1) is 0 Å². The van der Waals surface area contributed by atoms with E-state index in [9.17, 15) is 4.79 Å². The predicted molar refractivity (Wildman–Crippen MR) is 56.2 cm³/mol. The standard InChI is InChI=1S/C11H22O3/c1-4-6-7-8-14-10(3)9-11(12)13-5-2/h10H,4-9H2,1-3H3. The highest BCUT2D eigenvalue weighted by Gasteiger charge is 2.09. The van der Waals surface area contributed by atoms with E-state index in [1.807, 2.05) is 13.8 Å². The van der Waals surface area contributed by atoms with Crippen LogP contribution in [0.4, 0.5) is 0 Å². The average Bonchev–Trinajstić information content (AvgIpc) is 2.13. The van der Waals surface area contributed by atoms with Crippen molar-refractivity contribution >= 4 is 5.97 Å². The van der Waals surface area contributed by atoms with Crippen molar-refractivity contribution in [2.75, 3.05) is 13.2 Å². The molecule has 0 spiro atoms. The molecule has 14 heavy (non-hydrogen) atoms. The molecule has 0 aliphatic rings. The SMILES string of the molecule is CCCCCOC(C)CC(=O)OCC. The van der Waals surface area contributed by atoms with Gasteiger partial charge in [-0.05, 0) is 20.3 Å². The zero-order valence-corrected chi connectivity index (χ0v) is 9.54. The van der Waals surface area contributed by atoms with Gasteiger partial charge in [-0.1, -0.05) is 19.8 Å². The number of esters is 1. The maximum atomic E-state index is 11.0. The highest BCUT2D eigenvalue weighted by atomic mass is 16.5. The van der Waals surface area contributed by atoms with Gasteiger partial charge < -0.3 is 9.47 Å². The summed E-state index contributed by atoms with van der Waals surface area (Å²) in [6.45, 7) is 7.06. The van der Waals surface area contributed by atoms with Crippen LogP contribution in [0.5, 0.6) is 0 Å². The topological polar surface area (TPSA) is 35.5 Å². The first-order valence-electron chi connectivity index (χ1n) is 5.47. The van der Waals surface area contributed by atoms with Crippen molar-refractivity contribution in [3.8, 4) is 0 Å². The first-order chi connectivity index (χ1) is 6.70. The normalized spacial score (nSPS) is 12.5. The molecular formula is C11H22O3. The van der Waals surface area contributed by atoms with Crippen molar-refractivity contribution in [2.24, 2.45) is 0 Å². The van der Waals surface area contributed by atoms with Gasteiger partial charge in [-0.25, -0.2) is 0 Å². The van der Waals surface area contributed by atoms with Crippen LogP contribution in [0.25, 0.3) is 0 Å². The molecule has 0 aromatic heterocycles. The molecular weight excluding hydrogens is 180 g/mol. The number of carbonyl (C=O) groups excluding carboxylic acids is 1. The van der Waals surface area contributed by atoms with Crippen LogP contribution in [0.1, 0.15) is 46.5 Å². The van der Waals surface area contributed by atoms with E-state index in [2.05, 4.69) is 6.92 Å². The maximum absolute atomic E-state index is 11.0. The van der Waals surface area contributed by atoms with Gasteiger partial charge in [-0.3, -0.25) is 4.79 Å². The molecule has 0 radical (unpaired) electrons. The number of hydrogen-bond donors (Lipinski definition) is 0. The monoisotopic (exact) mass is 202 g/mol. The van der Waals surface area contributed by atoms with Crippen LogP contribution in [0.3, 0.4) is 0 Å². The Hall–Kier alpha value is -0.570. The van der Waals surface area contributed by atoms with E-state index >= 15 is 0 Å². The van der Waals surface area contributed by atoms with Crippen LogP contribution in [-0.4, -0.2) is 25.3 Å². The van der Waals surface area contributed by atoms with Crippen molar-refractivity contribution in [1.82, 2.24) is 0 Å². The third-order valence-electron chi connectivity index (χ3n) is 1.91. The predicted octanol–water partition coefficient (Wildman–Crippen LogP) is 2.53. The minimum Gasteiger partial charge on any atom is -0.466 e. The van der Waals surface area contributed by atoms with E-state index in [0.29, 0.717) is 13.0 Å². The van der Waals surface area contributed by atoms with Gasteiger partial charge in [0.1, 0.15) is 0 Å². The average molecular weight is 202 g/mol. The summed E-state index contributed by atoms with van der Waals surface area (Å²) in [5, 5.41) is 0. The number of unbranched alkanes of at least 4 members (excludes halogenated alkanes) is 2. The molecule has 1 atom stereocenters. The quantitative estimate of drug-likeness (QED) is 0.448. The van der Waals surface area contributed by atoms with Crippen molar-refractivity contribution in [3.63, 3.8) is 0 Å². The third kappa shape index (κ3) is 8.05. The highest BCUT2D eigenvalue weighted by Crippen LogP contribution is 2.02. The van der Waals surface area contributed by atoms with Crippen LogP contribution in [0, 0.1) is 0 Å². The van der Waals surface area contributed by atoms with Crippen molar-refractivity contribution in [2.45, 2.75) is 52.6 Å². The molecule has 0 heterocycles. The summed E-state index contributed by atoms with van der Waals surface area (Å²) in [5.74, 6) is -0.171. The molecule has 0 amide bonds. The Morgan fingerprint density at radius 1 is 1.29 bits per heavy atom. The molecule has 0 bridgehead atoms. The molecule has 0 saturated carbocycles. The second-order valence-electron chi connectivity index (χ2n) is 3.40. The molecule has 0 aliphatic heterocycles. The summed E-state index contributed by atoms with van der Waals surface area (Å²) in [6, 6.07) is 0. The van der Waals surface area contributed by atoms with Crippen LogP contribution in [-0.2, 0) is 14.3 Å². The largest absolute Gasteiger partial charge is 0.466 e. The summed E-state index contributed by atoms with van der Waals surface area (Å²) >= 11 is 0. The fourth-order valence-corrected chi connectivity index (χ4v) is 1.15. The second kappa shape index (κ2) is 9.00. The first kappa shape index (κ1) is 13.4. The summed E-state index contributed by atoms with van der Waals surface area (Å²) in [5.41, 5.74) is 0. The summed E-state index contributed by atoms with van der Waals surface area (Å²) < 4.78 is 10.3. The Morgan fingerprint density at radius 3 is 2.57 bits per heavy atom. The molecule has 1 unspecified atom stereocenters. The Bertz CT molecular complexity index is 145. The van der Waals surface area contributed by atoms with Crippen molar-refractivity contribution in [1.29, 1.82) is 0 Å². The molecule has 3 nitrogen and oxygen atoms in total. The van der Waals surface area contributed by atoms with Gasteiger partial charge in [-0.2, -0.15) is 0 Å². The van der Waals surface area contributed by atoms with Gasteiger partial charge in [0.05, 0.1) is 19.1 Å². The van der Waals surface area contributed by atoms with E-state index in [0.717, 1.165) is 13.0 Å². The fourth-order valence-electron chi connectivity index (χ4n) is 1.15. The lowest BCUT2D eigenvalue weighted by Gasteiger charge is -2.11. The zero-order valence-electron chi connectivity index (χ0n) is 9.54. The zero-order chi connectivity index (χ0) is 10.8. The lowest BCUT2D eigenvalue weighted by Crippen LogP contribution is -2.16. The van der Waals surface area contributed by atoms with Crippen LogP contribution >= 0.6 is 0 Å². The Labute approximate surface area is 86.8 Å². The molecule has 0 fully saturated rings. The minimum absolute atomic E-state index is 0.0223. The van der Waals surface area contributed by atoms with Gasteiger partial charge in [0, 0.05) is 6.61 Å².